The molecule has 0 aliphatic heterocycles. The van der Waals surface area contributed by atoms with E-state index >= 15 is 0 Å². The van der Waals surface area contributed by atoms with E-state index in [1.54, 1.807) is 12.1 Å². The molecule has 0 saturated heterocycles. The zero-order valence-electron chi connectivity index (χ0n) is 7.85. The predicted octanol–water partition coefficient (Wildman–Crippen LogP) is 4.85. The van der Waals surface area contributed by atoms with E-state index in [1.807, 2.05) is 0 Å². The summed E-state index contributed by atoms with van der Waals surface area (Å²) in [4.78, 5) is 3.66. The van der Waals surface area contributed by atoms with Crippen molar-refractivity contribution in [2.24, 2.45) is 0 Å². The monoisotopic (exact) mass is 275 g/mol. The normalized spacial score (nSPS) is 10.5. The average molecular weight is 277 g/mol. The van der Waals surface area contributed by atoms with Gasteiger partial charge >= 0.3 is 0 Å². The van der Waals surface area contributed by atoms with Crippen LogP contribution in [0.25, 0.3) is 11.1 Å². The SMILES string of the molecule is Fc1cnccc1-c1c(Cl)ccc(Cl)c1Cl. The summed E-state index contributed by atoms with van der Waals surface area (Å²) in [5, 5.41) is 0.913. The lowest BCUT2D eigenvalue weighted by molar-refractivity contribution is 0.625. The molecule has 0 N–H and O–H groups in total. The highest BCUT2D eigenvalue weighted by molar-refractivity contribution is 6.46. The van der Waals surface area contributed by atoms with Crippen LogP contribution in [0.15, 0.2) is 30.6 Å². The molecule has 2 aromatic rings. The van der Waals surface area contributed by atoms with Crippen molar-refractivity contribution in [3.8, 4) is 11.1 Å². The summed E-state index contributed by atoms with van der Waals surface area (Å²) in [6.07, 6.45) is 2.56. The number of hydrogen-bond acceptors (Lipinski definition) is 1. The quantitative estimate of drug-likeness (QED) is 0.679. The van der Waals surface area contributed by atoms with Crippen molar-refractivity contribution >= 4 is 34.8 Å². The van der Waals surface area contributed by atoms with Crippen molar-refractivity contribution in [1.82, 2.24) is 4.98 Å². The van der Waals surface area contributed by atoms with E-state index in [0.717, 1.165) is 6.20 Å². The van der Waals surface area contributed by atoms with Crippen molar-refractivity contribution in [3.05, 3.63) is 51.5 Å². The predicted molar refractivity (Wildman–Crippen MR) is 64.7 cm³/mol. The van der Waals surface area contributed by atoms with Gasteiger partial charge in [-0.15, -0.1) is 0 Å². The van der Waals surface area contributed by atoms with Crippen LogP contribution in [0.4, 0.5) is 4.39 Å². The second kappa shape index (κ2) is 4.58. The van der Waals surface area contributed by atoms with Gasteiger partial charge in [-0.2, -0.15) is 0 Å². The Morgan fingerprint density at radius 2 is 1.69 bits per heavy atom. The fraction of sp³-hybridized carbons (Fsp3) is 0. The molecule has 0 aliphatic carbocycles. The van der Waals surface area contributed by atoms with E-state index in [4.69, 9.17) is 34.8 Å². The van der Waals surface area contributed by atoms with Crippen LogP contribution in [0, 0.1) is 5.82 Å². The molecule has 1 aromatic carbocycles. The fourth-order valence-corrected chi connectivity index (χ4v) is 2.08. The number of halogens is 4. The number of rotatable bonds is 1. The first-order chi connectivity index (χ1) is 7.61. The van der Waals surface area contributed by atoms with Crippen molar-refractivity contribution in [2.45, 2.75) is 0 Å². The van der Waals surface area contributed by atoms with Crippen LogP contribution >= 0.6 is 34.8 Å². The van der Waals surface area contributed by atoms with Crippen LogP contribution in [0.1, 0.15) is 0 Å². The maximum absolute atomic E-state index is 13.5. The summed E-state index contributed by atoms with van der Waals surface area (Å²) in [7, 11) is 0. The van der Waals surface area contributed by atoms with Gasteiger partial charge in [-0.05, 0) is 18.2 Å². The zero-order chi connectivity index (χ0) is 11.7. The van der Waals surface area contributed by atoms with Crippen molar-refractivity contribution in [2.75, 3.05) is 0 Å². The van der Waals surface area contributed by atoms with Crippen LogP contribution < -0.4 is 0 Å². The second-order valence-corrected chi connectivity index (χ2v) is 4.27. The second-order valence-electron chi connectivity index (χ2n) is 3.07. The number of hydrogen-bond donors (Lipinski definition) is 0. The van der Waals surface area contributed by atoms with Gasteiger partial charge in [0.2, 0.25) is 0 Å². The Hall–Kier alpha value is -0.830. The molecule has 0 aliphatic rings. The van der Waals surface area contributed by atoms with Crippen LogP contribution in [0.3, 0.4) is 0 Å². The van der Waals surface area contributed by atoms with Crippen LogP contribution in [-0.2, 0) is 0 Å². The molecule has 0 fully saturated rings. The molecule has 0 atom stereocenters. The Kier molecular flexibility index (Phi) is 3.33. The molecule has 0 spiro atoms. The molecule has 5 heteroatoms. The minimum absolute atomic E-state index is 0.235. The first-order valence-electron chi connectivity index (χ1n) is 4.34. The maximum atomic E-state index is 13.5. The molecule has 1 nitrogen and oxygen atoms in total. The minimum Gasteiger partial charge on any atom is -0.262 e. The third-order valence-electron chi connectivity index (χ3n) is 2.09. The number of benzene rings is 1. The van der Waals surface area contributed by atoms with Gasteiger partial charge in [0.1, 0.15) is 5.82 Å². The van der Waals surface area contributed by atoms with Gasteiger partial charge in [-0.1, -0.05) is 34.8 Å². The van der Waals surface area contributed by atoms with Gasteiger partial charge in [0.25, 0.3) is 0 Å². The molecule has 1 heterocycles. The largest absolute Gasteiger partial charge is 0.262 e. The fourth-order valence-electron chi connectivity index (χ4n) is 1.35. The Morgan fingerprint density at radius 3 is 2.38 bits per heavy atom. The Labute approximate surface area is 107 Å². The molecule has 1 aromatic heterocycles. The summed E-state index contributed by atoms with van der Waals surface area (Å²) in [5.41, 5.74) is 0.670. The third kappa shape index (κ3) is 2.01. The molecule has 0 radical (unpaired) electrons. The topological polar surface area (TPSA) is 12.9 Å². The summed E-state index contributed by atoms with van der Waals surface area (Å²) in [6.45, 7) is 0. The minimum atomic E-state index is -0.492. The first kappa shape index (κ1) is 11.6. The summed E-state index contributed by atoms with van der Waals surface area (Å²) in [6, 6.07) is 4.64. The molecule has 0 bridgehead atoms. The van der Waals surface area contributed by atoms with E-state index in [2.05, 4.69) is 4.98 Å². The van der Waals surface area contributed by atoms with Crippen molar-refractivity contribution in [3.63, 3.8) is 0 Å². The van der Waals surface area contributed by atoms with Gasteiger partial charge in [0, 0.05) is 17.3 Å². The van der Waals surface area contributed by atoms with E-state index < -0.39 is 5.82 Å². The van der Waals surface area contributed by atoms with Gasteiger partial charge in [0.05, 0.1) is 21.3 Å². The van der Waals surface area contributed by atoms with Gasteiger partial charge in [0.15, 0.2) is 0 Å². The molecular formula is C11H5Cl3FN. The smallest absolute Gasteiger partial charge is 0.149 e. The zero-order valence-corrected chi connectivity index (χ0v) is 10.1. The standard InChI is InChI=1S/C11H5Cl3FN/c12-7-1-2-8(13)11(14)10(7)6-3-4-16-5-9(6)15/h1-5H. The first-order valence-corrected chi connectivity index (χ1v) is 5.48. The highest BCUT2D eigenvalue weighted by Crippen LogP contribution is 2.39. The third-order valence-corrected chi connectivity index (χ3v) is 3.21. The molecule has 0 amide bonds. The number of nitrogens with zero attached hydrogens (tertiary/aromatic N) is 1. The van der Waals surface area contributed by atoms with Crippen LogP contribution in [0.5, 0.6) is 0 Å². The van der Waals surface area contributed by atoms with Crippen LogP contribution in [-0.4, -0.2) is 4.98 Å². The van der Waals surface area contributed by atoms with E-state index in [-0.39, 0.29) is 10.6 Å². The van der Waals surface area contributed by atoms with E-state index in [0.29, 0.717) is 15.6 Å². The maximum Gasteiger partial charge on any atom is 0.149 e. The van der Waals surface area contributed by atoms with Gasteiger partial charge in [-0.3, -0.25) is 4.98 Å². The lowest BCUT2D eigenvalue weighted by Crippen LogP contribution is -1.88. The van der Waals surface area contributed by atoms with Gasteiger partial charge < -0.3 is 0 Å². The molecule has 16 heavy (non-hydrogen) atoms. The lowest BCUT2D eigenvalue weighted by Gasteiger charge is -2.09. The van der Waals surface area contributed by atoms with Crippen LogP contribution in [0.2, 0.25) is 15.1 Å². The summed E-state index contributed by atoms with van der Waals surface area (Å²) < 4.78 is 13.5. The summed E-state index contributed by atoms with van der Waals surface area (Å²) >= 11 is 17.8. The Morgan fingerprint density at radius 1 is 1.00 bits per heavy atom. The average Bonchev–Trinajstić information content (AvgIpc) is 2.27. The molecule has 0 unspecified atom stereocenters. The van der Waals surface area contributed by atoms with Gasteiger partial charge in [-0.25, -0.2) is 4.39 Å². The molecule has 0 saturated carbocycles. The van der Waals surface area contributed by atoms with E-state index in [9.17, 15) is 4.39 Å². The number of pyridine rings is 1. The molecule has 82 valence electrons. The van der Waals surface area contributed by atoms with Crippen molar-refractivity contribution in [1.29, 1.82) is 0 Å². The summed E-state index contributed by atoms with van der Waals surface area (Å²) in [5.74, 6) is -0.492. The Balaban J connectivity index is 2.74. The highest BCUT2D eigenvalue weighted by atomic mass is 35.5. The number of aromatic nitrogens is 1. The Bertz CT molecular complexity index is 543. The van der Waals surface area contributed by atoms with E-state index in [1.165, 1.54) is 12.3 Å². The highest BCUT2D eigenvalue weighted by Gasteiger charge is 2.14. The van der Waals surface area contributed by atoms with Crippen molar-refractivity contribution < 1.29 is 4.39 Å². The molecule has 2 rings (SSSR count). The molecular weight excluding hydrogens is 271 g/mol. The lowest BCUT2D eigenvalue weighted by atomic mass is 10.1.